The molecule has 0 aliphatic rings. The molecular formula is C20H14ClFN2OS. The van der Waals surface area contributed by atoms with Gasteiger partial charge in [0.2, 0.25) is 0 Å². The highest BCUT2D eigenvalue weighted by atomic mass is 35.5. The minimum Gasteiger partial charge on any atom is -0.267 e. The lowest BCUT2D eigenvalue weighted by Gasteiger charge is -2.03. The standard InChI is InChI=1S/C20H14ClFN2OS/c21-16-6-10-19(11-7-16)26-18-8-4-14(5-9-18)13-23-24-20(25)15-2-1-3-17(22)12-15/h1-13H,(H,24,25)/b23-13-. The van der Waals surface area contributed by atoms with Crippen LogP contribution >= 0.6 is 23.4 Å². The number of nitrogens with zero attached hydrogens (tertiary/aromatic N) is 1. The smallest absolute Gasteiger partial charge is 0.267 e. The number of halogens is 2. The van der Waals surface area contributed by atoms with Crippen LogP contribution in [0.3, 0.4) is 0 Å². The number of hydrogen-bond acceptors (Lipinski definition) is 3. The third-order valence-corrected chi connectivity index (χ3v) is 4.66. The van der Waals surface area contributed by atoms with Crippen LogP contribution in [-0.2, 0) is 0 Å². The van der Waals surface area contributed by atoms with Gasteiger partial charge in [-0.1, -0.05) is 41.6 Å². The maximum Gasteiger partial charge on any atom is 0.271 e. The van der Waals surface area contributed by atoms with E-state index in [0.717, 1.165) is 21.4 Å². The van der Waals surface area contributed by atoms with Gasteiger partial charge in [-0.2, -0.15) is 5.10 Å². The third-order valence-electron chi connectivity index (χ3n) is 3.40. The fourth-order valence-electron chi connectivity index (χ4n) is 2.12. The van der Waals surface area contributed by atoms with Gasteiger partial charge in [-0.3, -0.25) is 4.79 Å². The summed E-state index contributed by atoms with van der Waals surface area (Å²) in [5, 5.41) is 4.61. The van der Waals surface area contributed by atoms with Crippen molar-refractivity contribution in [2.45, 2.75) is 9.79 Å². The van der Waals surface area contributed by atoms with Crippen molar-refractivity contribution in [3.8, 4) is 0 Å². The van der Waals surface area contributed by atoms with Crippen molar-refractivity contribution >= 4 is 35.5 Å². The molecule has 0 radical (unpaired) electrons. The highest BCUT2D eigenvalue weighted by molar-refractivity contribution is 7.99. The summed E-state index contributed by atoms with van der Waals surface area (Å²) in [6.07, 6.45) is 1.54. The molecule has 0 unspecified atom stereocenters. The van der Waals surface area contributed by atoms with E-state index in [1.807, 2.05) is 48.5 Å². The van der Waals surface area contributed by atoms with Crippen LogP contribution in [0, 0.1) is 5.82 Å². The minimum absolute atomic E-state index is 0.219. The molecule has 3 rings (SSSR count). The molecule has 26 heavy (non-hydrogen) atoms. The summed E-state index contributed by atoms with van der Waals surface area (Å²) in [5.41, 5.74) is 3.44. The molecule has 0 spiro atoms. The summed E-state index contributed by atoms with van der Waals surface area (Å²) in [6, 6.07) is 20.8. The van der Waals surface area contributed by atoms with Crippen LogP contribution in [0.2, 0.25) is 5.02 Å². The minimum atomic E-state index is -0.463. The van der Waals surface area contributed by atoms with Gasteiger partial charge in [0.25, 0.3) is 5.91 Å². The van der Waals surface area contributed by atoms with Gasteiger partial charge in [-0.25, -0.2) is 9.82 Å². The van der Waals surface area contributed by atoms with Gasteiger partial charge in [0, 0.05) is 20.4 Å². The highest BCUT2D eigenvalue weighted by Gasteiger charge is 2.04. The molecule has 0 heterocycles. The van der Waals surface area contributed by atoms with Gasteiger partial charge in [0.1, 0.15) is 5.82 Å². The summed E-state index contributed by atoms with van der Waals surface area (Å²) >= 11 is 7.50. The first-order valence-corrected chi connectivity index (χ1v) is 8.92. The summed E-state index contributed by atoms with van der Waals surface area (Å²) in [6.45, 7) is 0. The largest absolute Gasteiger partial charge is 0.271 e. The summed E-state index contributed by atoms with van der Waals surface area (Å²) < 4.78 is 13.1. The van der Waals surface area contributed by atoms with Crippen LogP contribution in [0.5, 0.6) is 0 Å². The van der Waals surface area contributed by atoms with Crippen LogP contribution in [-0.4, -0.2) is 12.1 Å². The zero-order valence-electron chi connectivity index (χ0n) is 13.5. The molecule has 6 heteroatoms. The third kappa shape index (κ3) is 5.18. The first-order valence-electron chi connectivity index (χ1n) is 7.72. The van der Waals surface area contributed by atoms with Crippen molar-refractivity contribution in [2.75, 3.05) is 0 Å². The van der Waals surface area contributed by atoms with Gasteiger partial charge in [-0.15, -0.1) is 0 Å². The molecule has 1 N–H and O–H groups in total. The quantitative estimate of drug-likeness (QED) is 0.473. The second-order valence-electron chi connectivity index (χ2n) is 5.33. The zero-order chi connectivity index (χ0) is 18.4. The molecule has 0 atom stereocenters. The SMILES string of the molecule is O=C(N/N=C\c1ccc(Sc2ccc(Cl)cc2)cc1)c1cccc(F)c1. The van der Waals surface area contributed by atoms with Crippen LogP contribution in [0.1, 0.15) is 15.9 Å². The topological polar surface area (TPSA) is 41.5 Å². The maximum atomic E-state index is 13.1. The van der Waals surface area contributed by atoms with E-state index in [0.29, 0.717) is 5.02 Å². The van der Waals surface area contributed by atoms with E-state index in [9.17, 15) is 9.18 Å². The Morgan fingerprint density at radius 1 is 1.00 bits per heavy atom. The van der Waals surface area contributed by atoms with E-state index in [1.54, 1.807) is 11.8 Å². The maximum absolute atomic E-state index is 13.1. The van der Waals surface area contributed by atoms with Crippen molar-refractivity contribution < 1.29 is 9.18 Å². The Balaban J connectivity index is 1.57. The Labute approximate surface area is 159 Å². The van der Waals surface area contributed by atoms with Gasteiger partial charge in [-0.05, 0) is 60.2 Å². The molecule has 3 aromatic rings. The summed E-state index contributed by atoms with van der Waals surface area (Å²) in [7, 11) is 0. The van der Waals surface area contributed by atoms with E-state index < -0.39 is 11.7 Å². The van der Waals surface area contributed by atoms with Gasteiger partial charge >= 0.3 is 0 Å². The van der Waals surface area contributed by atoms with Gasteiger partial charge < -0.3 is 0 Å². The molecular weight excluding hydrogens is 371 g/mol. The fourth-order valence-corrected chi connectivity index (χ4v) is 3.06. The van der Waals surface area contributed by atoms with Crippen molar-refractivity contribution in [3.05, 3.63) is 94.8 Å². The number of amides is 1. The first kappa shape index (κ1) is 18.2. The molecule has 130 valence electrons. The van der Waals surface area contributed by atoms with Crippen molar-refractivity contribution in [2.24, 2.45) is 5.10 Å². The molecule has 0 bridgehead atoms. The lowest BCUT2D eigenvalue weighted by molar-refractivity contribution is 0.0954. The summed E-state index contributed by atoms with van der Waals surface area (Å²) in [5.74, 6) is -0.925. The number of nitrogens with one attached hydrogen (secondary N) is 1. The van der Waals surface area contributed by atoms with Crippen molar-refractivity contribution in [1.82, 2.24) is 5.43 Å². The van der Waals surface area contributed by atoms with E-state index in [1.165, 1.54) is 24.4 Å². The fraction of sp³-hybridized carbons (Fsp3) is 0. The molecule has 0 saturated carbocycles. The van der Waals surface area contributed by atoms with E-state index in [2.05, 4.69) is 10.5 Å². The van der Waals surface area contributed by atoms with Gasteiger partial charge in [0.15, 0.2) is 0 Å². The number of carbonyl (C=O) groups is 1. The lowest BCUT2D eigenvalue weighted by Crippen LogP contribution is -2.17. The Bertz CT molecular complexity index is 927. The Kier molecular flexibility index (Phi) is 6.04. The van der Waals surface area contributed by atoms with Crippen LogP contribution < -0.4 is 5.43 Å². The number of hydrazone groups is 1. The normalized spacial score (nSPS) is 10.8. The lowest BCUT2D eigenvalue weighted by atomic mass is 10.2. The Morgan fingerprint density at radius 3 is 2.31 bits per heavy atom. The second kappa shape index (κ2) is 8.65. The van der Waals surface area contributed by atoms with Crippen LogP contribution in [0.15, 0.2) is 87.7 Å². The number of benzene rings is 3. The molecule has 0 saturated heterocycles. The molecule has 0 aliphatic carbocycles. The molecule has 3 nitrogen and oxygen atoms in total. The predicted octanol–water partition coefficient (Wildman–Crippen LogP) is 5.39. The molecule has 0 fully saturated rings. The van der Waals surface area contributed by atoms with Crippen molar-refractivity contribution in [3.63, 3.8) is 0 Å². The first-order chi connectivity index (χ1) is 12.6. The average molecular weight is 385 g/mol. The van der Waals surface area contributed by atoms with E-state index in [-0.39, 0.29) is 5.56 Å². The van der Waals surface area contributed by atoms with Gasteiger partial charge in [0.05, 0.1) is 6.21 Å². The number of rotatable bonds is 5. The molecule has 3 aromatic carbocycles. The van der Waals surface area contributed by atoms with E-state index in [4.69, 9.17) is 11.6 Å². The molecule has 1 amide bonds. The predicted molar refractivity (Wildman–Crippen MR) is 103 cm³/mol. The monoisotopic (exact) mass is 384 g/mol. The highest BCUT2D eigenvalue weighted by Crippen LogP contribution is 2.28. The van der Waals surface area contributed by atoms with Crippen molar-refractivity contribution in [1.29, 1.82) is 0 Å². The van der Waals surface area contributed by atoms with E-state index >= 15 is 0 Å². The number of carbonyl (C=O) groups excluding carboxylic acids is 1. The summed E-state index contributed by atoms with van der Waals surface area (Å²) in [4.78, 5) is 14.0. The van der Waals surface area contributed by atoms with Crippen LogP contribution in [0.4, 0.5) is 4.39 Å². The molecule has 0 aliphatic heterocycles. The average Bonchev–Trinajstić information content (AvgIpc) is 2.65. The Morgan fingerprint density at radius 2 is 1.65 bits per heavy atom. The number of hydrogen-bond donors (Lipinski definition) is 1. The zero-order valence-corrected chi connectivity index (χ0v) is 15.1. The Hall–Kier alpha value is -2.63. The second-order valence-corrected chi connectivity index (χ2v) is 6.92. The van der Waals surface area contributed by atoms with Crippen LogP contribution in [0.25, 0.3) is 0 Å². The molecule has 0 aromatic heterocycles.